The zero-order valence-corrected chi connectivity index (χ0v) is 14.8. The maximum Gasteiger partial charge on any atom is 0.274 e. The number of nitrogens with zero attached hydrogens (tertiary/aromatic N) is 3. The molecule has 2 N–H and O–H groups in total. The molecule has 0 spiro atoms. The molecule has 3 rings (SSSR count). The Morgan fingerprint density at radius 1 is 1.36 bits per heavy atom. The van der Waals surface area contributed by atoms with Crippen molar-refractivity contribution in [1.29, 1.82) is 0 Å². The van der Waals surface area contributed by atoms with Crippen LogP contribution < -0.4 is 10.6 Å². The quantitative estimate of drug-likeness (QED) is 0.832. The smallest absolute Gasteiger partial charge is 0.274 e. The zero-order chi connectivity index (χ0) is 17.6. The van der Waals surface area contributed by atoms with Gasteiger partial charge >= 0.3 is 0 Å². The van der Waals surface area contributed by atoms with Gasteiger partial charge in [0.15, 0.2) is 5.69 Å². The lowest BCUT2D eigenvalue weighted by Gasteiger charge is -2.23. The molecule has 0 radical (unpaired) electrons. The molecule has 25 heavy (non-hydrogen) atoms. The Bertz CT molecular complexity index is 722. The van der Waals surface area contributed by atoms with Gasteiger partial charge in [-0.15, -0.1) is 5.10 Å². The third-order valence-corrected chi connectivity index (χ3v) is 4.55. The summed E-state index contributed by atoms with van der Waals surface area (Å²) in [5, 5.41) is 14.6. The monoisotopic (exact) mass is 343 g/mol. The minimum absolute atomic E-state index is 0.185. The van der Waals surface area contributed by atoms with E-state index < -0.39 is 0 Å². The van der Waals surface area contributed by atoms with Gasteiger partial charge in [0.1, 0.15) is 0 Å². The lowest BCUT2D eigenvalue weighted by atomic mass is 10.1. The molecule has 1 fully saturated rings. The molecule has 7 nitrogen and oxygen atoms in total. The SMILES string of the molecule is COCc1cccc(CNC(=O)c2nnn(C3CCNCC3)c2C)c1. The van der Waals surface area contributed by atoms with Crippen LogP contribution in [0.1, 0.15) is 46.2 Å². The summed E-state index contributed by atoms with van der Waals surface area (Å²) >= 11 is 0. The van der Waals surface area contributed by atoms with Gasteiger partial charge in [-0.05, 0) is 44.0 Å². The number of aromatic nitrogens is 3. The molecule has 1 aromatic heterocycles. The molecule has 0 saturated carbocycles. The van der Waals surface area contributed by atoms with Gasteiger partial charge < -0.3 is 15.4 Å². The highest BCUT2D eigenvalue weighted by atomic mass is 16.5. The van der Waals surface area contributed by atoms with Crippen LogP contribution in [0.4, 0.5) is 0 Å². The number of carbonyl (C=O) groups excluding carboxylic acids is 1. The number of amides is 1. The van der Waals surface area contributed by atoms with Gasteiger partial charge in [-0.25, -0.2) is 4.68 Å². The van der Waals surface area contributed by atoms with E-state index in [1.807, 2.05) is 35.9 Å². The second-order valence-corrected chi connectivity index (χ2v) is 6.38. The van der Waals surface area contributed by atoms with Crippen LogP contribution in [0.25, 0.3) is 0 Å². The first kappa shape index (κ1) is 17.6. The van der Waals surface area contributed by atoms with Crippen molar-refractivity contribution in [3.05, 3.63) is 46.8 Å². The number of methoxy groups -OCH3 is 1. The molecule has 2 aromatic rings. The molecular formula is C18H25N5O2. The third kappa shape index (κ3) is 4.24. The van der Waals surface area contributed by atoms with E-state index in [9.17, 15) is 4.79 Å². The minimum atomic E-state index is -0.185. The highest BCUT2D eigenvalue weighted by Crippen LogP contribution is 2.20. The van der Waals surface area contributed by atoms with Gasteiger partial charge in [0.2, 0.25) is 0 Å². The molecule has 134 valence electrons. The van der Waals surface area contributed by atoms with Gasteiger partial charge in [0, 0.05) is 13.7 Å². The van der Waals surface area contributed by atoms with E-state index in [-0.39, 0.29) is 5.91 Å². The van der Waals surface area contributed by atoms with E-state index >= 15 is 0 Å². The van der Waals surface area contributed by atoms with Crippen LogP contribution in [0.5, 0.6) is 0 Å². The van der Waals surface area contributed by atoms with Crippen LogP contribution in [0, 0.1) is 6.92 Å². The molecule has 0 unspecified atom stereocenters. The Morgan fingerprint density at radius 2 is 2.12 bits per heavy atom. The Hall–Kier alpha value is -2.25. The minimum Gasteiger partial charge on any atom is -0.380 e. The fourth-order valence-electron chi connectivity index (χ4n) is 3.21. The number of benzene rings is 1. The fourth-order valence-corrected chi connectivity index (χ4v) is 3.21. The predicted molar refractivity (Wildman–Crippen MR) is 94.2 cm³/mol. The van der Waals surface area contributed by atoms with Crippen LogP contribution in [0.2, 0.25) is 0 Å². The summed E-state index contributed by atoms with van der Waals surface area (Å²) in [5.41, 5.74) is 3.36. The lowest BCUT2D eigenvalue weighted by Crippen LogP contribution is -2.30. The van der Waals surface area contributed by atoms with Crippen LogP contribution >= 0.6 is 0 Å². The molecule has 0 atom stereocenters. The van der Waals surface area contributed by atoms with Crippen LogP contribution in [-0.4, -0.2) is 41.1 Å². The topological polar surface area (TPSA) is 81.1 Å². The van der Waals surface area contributed by atoms with Gasteiger partial charge in [0.05, 0.1) is 18.3 Å². The first-order valence-corrected chi connectivity index (χ1v) is 8.66. The average molecular weight is 343 g/mol. The van der Waals surface area contributed by atoms with Crippen LogP contribution in [-0.2, 0) is 17.9 Å². The lowest BCUT2D eigenvalue weighted by molar-refractivity contribution is 0.0945. The molecular weight excluding hydrogens is 318 g/mol. The van der Waals surface area contributed by atoms with Crippen LogP contribution in [0.15, 0.2) is 24.3 Å². The van der Waals surface area contributed by atoms with Crippen molar-refractivity contribution in [2.45, 2.75) is 39.0 Å². The summed E-state index contributed by atoms with van der Waals surface area (Å²) in [7, 11) is 1.67. The van der Waals surface area contributed by atoms with Gasteiger partial charge in [0.25, 0.3) is 5.91 Å². The van der Waals surface area contributed by atoms with Crippen molar-refractivity contribution < 1.29 is 9.53 Å². The van der Waals surface area contributed by atoms with Gasteiger partial charge in [-0.1, -0.05) is 29.5 Å². The Labute approximate surface area is 147 Å². The summed E-state index contributed by atoms with van der Waals surface area (Å²) in [5.74, 6) is -0.185. The number of carbonyl (C=O) groups is 1. The van der Waals surface area contributed by atoms with Crippen molar-refractivity contribution in [3.8, 4) is 0 Å². The maximum atomic E-state index is 12.5. The number of piperidine rings is 1. The normalized spacial score (nSPS) is 15.3. The number of hydrogen-bond donors (Lipinski definition) is 2. The summed E-state index contributed by atoms with van der Waals surface area (Å²) in [4.78, 5) is 12.5. The Balaban J connectivity index is 1.63. The average Bonchev–Trinajstić information content (AvgIpc) is 3.03. The second-order valence-electron chi connectivity index (χ2n) is 6.38. The summed E-state index contributed by atoms with van der Waals surface area (Å²) in [6.45, 7) is 4.88. The largest absolute Gasteiger partial charge is 0.380 e. The van der Waals surface area contributed by atoms with E-state index in [2.05, 4.69) is 20.9 Å². The highest BCUT2D eigenvalue weighted by Gasteiger charge is 2.22. The third-order valence-electron chi connectivity index (χ3n) is 4.55. The van der Waals surface area contributed by atoms with Crippen molar-refractivity contribution in [2.75, 3.05) is 20.2 Å². The van der Waals surface area contributed by atoms with Crippen molar-refractivity contribution in [1.82, 2.24) is 25.6 Å². The molecule has 1 aliphatic rings. The highest BCUT2D eigenvalue weighted by molar-refractivity contribution is 5.93. The summed E-state index contributed by atoms with van der Waals surface area (Å²) in [6.07, 6.45) is 2.02. The summed E-state index contributed by atoms with van der Waals surface area (Å²) < 4.78 is 7.04. The van der Waals surface area contributed by atoms with Crippen molar-refractivity contribution in [2.24, 2.45) is 0 Å². The van der Waals surface area contributed by atoms with Crippen LogP contribution in [0.3, 0.4) is 0 Å². The molecule has 7 heteroatoms. The van der Waals surface area contributed by atoms with Crippen molar-refractivity contribution in [3.63, 3.8) is 0 Å². The molecule has 1 aromatic carbocycles. The first-order chi connectivity index (χ1) is 12.2. The van der Waals surface area contributed by atoms with E-state index in [4.69, 9.17) is 4.74 Å². The van der Waals surface area contributed by atoms with E-state index in [1.165, 1.54) is 0 Å². The number of hydrogen-bond acceptors (Lipinski definition) is 5. The molecule has 1 aliphatic heterocycles. The molecule has 0 aliphatic carbocycles. The standard InChI is InChI=1S/C18H25N5O2/c1-13-17(21-22-23(13)16-6-8-19-9-7-16)18(24)20-11-14-4-3-5-15(10-14)12-25-2/h3-5,10,16,19H,6-9,11-12H2,1-2H3,(H,20,24). The van der Waals surface area contributed by atoms with Crippen molar-refractivity contribution >= 4 is 5.91 Å². The number of rotatable bonds is 6. The number of ether oxygens (including phenoxy) is 1. The Morgan fingerprint density at radius 3 is 2.88 bits per heavy atom. The predicted octanol–water partition coefficient (Wildman–Crippen LogP) is 1.59. The molecule has 2 heterocycles. The fraction of sp³-hybridized carbons (Fsp3) is 0.500. The molecule has 1 amide bonds. The Kier molecular flexibility index (Phi) is 5.78. The van der Waals surface area contributed by atoms with Gasteiger partial charge in [-0.2, -0.15) is 0 Å². The maximum absolute atomic E-state index is 12.5. The number of nitrogens with one attached hydrogen (secondary N) is 2. The van der Waals surface area contributed by atoms with E-state index in [0.717, 1.165) is 42.8 Å². The zero-order valence-electron chi connectivity index (χ0n) is 14.8. The van der Waals surface area contributed by atoms with E-state index in [0.29, 0.717) is 24.9 Å². The molecule has 1 saturated heterocycles. The first-order valence-electron chi connectivity index (χ1n) is 8.66. The van der Waals surface area contributed by atoms with Gasteiger partial charge in [-0.3, -0.25) is 4.79 Å². The molecule has 0 bridgehead atoms. The second kappa shape index (κ2) is 8.22. The summed E-state index contributed by atoms with van der Waals surface area (Å²) in [6, 6.07) is 8.31. The van der Waals surface area contributed by atoms with E-state index in [1.54, 1.807) is 7.11 Å².